The van der Waals surface area contributed by atoms with Crippen LogP contribution in [0.5, 0.6) is 0 Å². The fourth-order valence-electron chi connectivity index (χ4n) is 1.26. The number of carboxylic acids is 1. The van der Waals surface area contributed by atoms with Crippen molar-refractivity contribution in [1.82, 2.24) is 10.3 Å². The Balaban J connectivity index is 2.94. The van der Waals surface area contributed by atoms with E-state index in [4.69, 9.17) is 9.52 Å². The average molecular weight is 240 g/mol. The second-order valence-corrected chi connectivity index (χ2v) is 4.37. The standard InChI is InChI=1S/C11H16N2O4/c1-6(2)11(4,10(15)16)13-9(14)8-7(3)17-5-12-8/h5-6H,1-4H3,(H,13,14)(H,15,16)/t11-/m0/s1. The molecule has 1 rings (SSSR count). The lowest BCUT2D eigenvalue weighted by Crippen LogP contribution is -2.56. The van der Waals surface area contributed by atoms with Gasteiger partial charge in [0.1, 0.15) is 11.3 Å². The van der Waals surface area contributed by atoms with Crippen LogP contribution in [0.2, 0.25) is 0 Å². The minimum Gasteiger partial charge on any atom is -0.480 e. The van der Waals surface area contributed by atoms with Crippen molar-refractivity contribution in [2.75, 3.05) is 0 Å². The van der Waals surface area contributed by atoms with Gasteiger partial charge in [-0.2, -0.15) is 0 Å². The molecule has 0 aliphatic carbocycles. The van der Waals surface area contributed by atoms with Gasteiger partial charge < -0.3 is 14.8 Å². The molecule has 1 heterocycles. The van der Waals surface area contributed by atoms with Gasteiger partial charge in [0, 0.05) is 0 Å². The van der Waals surface area contributed by atoms with Gasteiger partial charge in [-0.15, -0.1) is 0 Å². The first-order valence-electron chi connectivity index (χ1n) is 5.25. The molecule has 1 aromatic heterocycles. The van der Waals surface area contributed by atoms with Crippen LogP contribution in [0.1, 0.15) is 37.0 Å². The van der Waals surface area contributed by atoms with Crippen molar-refractivity contribution in [2.24, 2.45) is 5.92 Å². The third kappa shape index (κ3) is 2.46. The summed E-state index contributed by atoms with van der Waals surface area (Å²) in [5, 5.41) is 11.6. The molecule has 0 saturated heterocycles. The van der Waals surface area contributed by atoms with Gasteiger partial charge in [-0.25, -0.2) is 9.78 Å². The molecule has 6 nitrogen and oxygen atoms in total. The summed E-state index contributed by atoms with van der Waals surface area (Å²) in [6, 6.07) is 0. The topological polar surface area (TPSA) is 92.4 Å². The number of aliphatic carboxylic acids is 1. The average Bonchev–Trinajstić information content (AvgIpc) is 2.63. The van der Waals surface area contributed by atoms with Crippen LogP contribution in [-0.4, -0.2) is 27.5 Å². The van der Waals surface area contributed by atoms with E-state index in [9.17, 15) is 9.59 Å². The molecule has 1 amide bonds. The van der Waals surface area contributed by atoms with Gasteiger partial charge >= 0.3 is 5.97 Å². The number of aromatic nitrogens is 1. The zero-order valence-corrected chi connectivity index (χ0v) is 10.3. The molecule has 94 valence electrons. The van der Waals surface area contributed by atoms with E-state index in [-0.39, 0.29) is 11.6 Å². The Morgan fingerprint density at radius 3 is 2.47 bits per heavy atom. The predicted molar refractivity (Wildman–Crippen MR) is 59.6 cm³/mol. The first-order valence-corrected chi connectivity index (χ1v) is 5.25. The number of hydrogen-bond acceptors (Lipinski definition) is 4. The highest BCUT2D eigenvalue weighted by molar-refractivity contribution is 5.96. The summed E-state index contributed by atoms with van der Waals surface area (Å²) in [7, 11) is 0. The number of amides is 1. The Morgan fingerprint density at radius 1 is 1.53 bits per heavy atom. The van der Waals surface area contributed by atoms with Crippen molar-refractivity contribution in [3.05, 3.63) is 17.8 Å². The van der Waals surface area contributed by atoms with Crippen LogP contribution in [0.3, 0.4) is 0 Å². The van der Waals surface area contributed by atoms with E-state index in [1.54, 1.807) is 20.8 Å². The Bertz CT molecular complexity index is 438. The van der Waals surface area contributed by atoms with Crippen molar-refractivity contribution in [3.63, 3.8) is 0 Å². The van der Waals surface area contributed by atoms with Gasteiger partial charge in [-0.05, 0) is 19.8 Å². The summed E-state index contributed by atoms with van der Waals surface area (Å²) in [6.07, 6.45) is 1.15. The number of hydrogen-bond donors (Lipinski definition) is 2. The molecule has 0 bridgehead atoms. The van der Waals surface area contributed by atoms with Crippen molar-refractivity contribution in [1.29, 1.82) is 0 Å². The lowest BCUT2D eigenvalue weighted by atomic mass is 9.88. The van der Waals surface area contributed by atoms with E-state index in [0.29, 0.717) is 5.76 Å². The zero-order chi connectivity index (χ0) is 13.2. The Hall–Kier alpha value is -1.85. The van der Waals surface area contributed by atoms with Gasteiger partial charge in [-0.3, -0.25) is 4.79 Å². The van der Waals surface area contributed by atoms with Gasteiger partial charge in [0.15, 0.2) is 12.1 Å². The normalized spacial score (nSPS) is 14.4. The largest absolute Gasteiger partial charge is 0.480 e. The fraction of sp³-hybridized carbons (Fsp3) is 0.545. The minimum atomic E-state index is -1.33. The maximum atomic E-state index is 11.9. The molecular weight excluding hydrogens is 224 g/mol. The number of rotatable bonds is 4. The molecule has 0 spiro atoms. The summed E-state index contributed by atoms with van der Waals surface area (Å²) in [4.78, 5) is 26.8. The third-order valence-corrected chi connectivity index (χ3v) is 2.93. The quantitative estimate of drug-likeness (QED) is 0.825. The second kappa shape index (κ2) is 4.57. The lowest BCUT2D eigenvalue weighted by molar-refractivity contribution is -0.145. The van der Waals surface area contributed by atoms with Crippen LogP contribution in [-0.2, 0) is 4.79 Å². The highest BCUT2D eigenvalue weighted by Gasteiger charge is 2.39. The van der Waals surface area contributed by atoms with Crippen molar-refractivity contribution in [3.8, 4) is 0 Å². The zero-order valence-electron chi connectivity index (χ0n) is 10.3. The Morgan fingerprint density at radius 2 is 2.12 bits per heavy atom. The van der Waals surface area contributed by atoms with E-state index < -0.39 is 17.4 Å². The van der Waals surface area contributed by atoms with Gasteiger partial charge in [0.25, 0.3) is 5.91 Å². The SMILES string of the molecule is Cc1ocnc1C(=O)N[C@](C)(C(=O)O)C(C)C. The summed E-state index contributed by atoms with van der Waals surface area (Å²) < 4.78 is 4.90. The fourth-order valence-corrected chi connectivity index (χ4v) is 1.26. The minimum absolute atomic E-state index is 0.109. The molecule has 0 unspecified atom stereocenters. The van der Waals surface area contributed by atoms with Crippen molar-refractivity contribution >= 4 is 11.9 Å². The number of carbonyl (C=O) groups is 2. The molecule has 0 aromatic carbocycles. The van der Waals surface area contributed by atoms with Gasteiger partial charge in [0.2, 0.25) is 0 Å². The van der Waals surface area contributed by atoms with E-state index >= 15 is 0 Å². The molecule has 0 aliphatic rings. The maximum Gasteiger partial charge on any atom is 0.329 e. The molecule has 1 aromatic rings. The Labute approximate surface area is 99.0 Å². The summed E-state index contributed by atoms with van der Waals surface area (Å²) >= 11 is 0. The van der Waals surface area contributed by atoms with Gasteiger partial charge in [0.05, 0.1) is 0 Å². The van der Waals surface area contributed by atoms with Crippen molar-refractivity contribution < 1.29 is 19.1 Å². The van der Waals surface area contributed by atoms with Gasteiger partial charge in [-0.1, -0.05) is 13.8 Å². The van der Waals surface area contributed by atoms with E-state index in [2.05, 4.69) is 10.3 Å². The molecule has 2 N–H and O–H groups in total. The smallest absolute Gasteiger partial charge is 0.329 e. The molecular formula is C11H16N2O4. The maximum absolute atomic E-state index is 11.9. The van der Waals surface area contributed by atoms with E-state index in [1.807, 2.05) is 0 Å². The summed E-state index contributed by atoms with van der Waals surface area (Å²) in [6.45, 7) is 6.51. The molecule has 0 fully saturated rings. The van der Waals surface area contributed by atoms with Crippen LogP contribution in [0.4, 0.5) is 0 Å². The van der Waals surface area contributed by atoms with Crippen LogP contribution in [0.15, 0.2) is 10.8 Å². The van der Waals surface area contributed by atoms with E-state index in [0.717, 1.165) is 6.39 Å². The van der Waals surface area contributed by atoms with Crippen LogP contribution < -0.4 is 5.32 Å². The number of nitrogens with zero attached hydrogens (tertiary/aromatic N) is 1. The number of nitrogens with one attached hydrogen (secondary N) is 1. The van der Waals surface area contributed by atoms with E-state index in [1.165, 1.54) is 6.92 Å². The highest BCUT2D eigenvalue weighted by atomic mass is 16.4. The van der Waals surface area contributed by atoms with Crippen LogP contribution in [0, 0.1) is 12.8 Å². The highest BCUT2D eigenvalue weighted by Crippen LogP contribution is 2.18. The summed E-state index contributed by atoms with van der Waals surface area (Å²) in [5.74, 6) is -1.52. The molecule has 0 aliphatic heterocycles. The second-order valence-electron chi connectivity index (χ2n) is 4.37. The molecule has 0 radical (unpaired) electrons. The van der Waals surface area contributed by atoms with Crippen LogP contribution >= 0.6 is 0 Å². The first kappa shape index (κ1) is 13.2. The number of aryl methyl sites for hydroxylation is 1. The number of carboxylic acid groups (broad SMARTS) is 1. The summed E-state index contributed by atoms with van der Waals surface area (Å²) in [5.41, 5.74) is -1.22. The first-order chi connectivity index (χ1) is 7.79. The molecule has 17 heavy (non-hydrogen) atoms. The monoisotopic (exact) mass is 240 g/mol. The Kier molecular flexibility index (Phi) is 3.55. The molecule has 0 saturated carbocycles. The molecule has 6 heteroatoms. The van der Waals surface area contributed by atoms with Crippen LogP contribution in [0.25, 0.3) is 0 Å². The molecule has 1 atom stereocenters. The predicted octanol–water partition coefficient (Wildman–Crippen LogP) is 1.21. The number of oxazole rings is 1. The third-order valence-electron chi connectivity index (χ3n) is 2.93. The number of carbonyl (C=O) groups excluding carboxylic acids is 1. The van der Waals surface area contributed by atoms with Crippen molar-refractivity contribution in [2.45, 2.75) is 33.2 Å². The lowest BCUT2D eigenvalue weighted by Gasteiger charge is -2.29.